The Balaban J connectivity index is 1.38. The number of carbonyl (C=O) groups is 1. The lowest BCUT2D eigenvalue weighted by Crippen LogP contribution is -2.40. The molecule has 0 spiro atoms. The number of benzene rings is 2. The van der Waals surface area contributed by atoms with Crippen LogP contribution in [0.25, 0.3) is 22.5 Å². The van der Waals surface area contributed by atoms with Gasteiger partial charge in [0.2, 0.25) is 0 Å². The molecule has 178 valence electrons. The first-order chi connectivity index (χ1) is 17.0. The average molecular weight is 508 g/mol. The van der Waals surface area contributed by atoms with Crippen LogP contribution in [0.15, 0.2) is 67.1 Å². The molecule has 0 radical (unpaired) electrons. The monoisotopic (exact) mass is 507 g/mol. The number of nitrogens with zero attached hydrogens (tertiary/aromatic N) is 4. The predicted octanol–water partition coefficient (Wildman–Crippen LogP) is 5.28. The van der Waals surface area contributed by atoms with Crippen LogP contribution in [-0.4, -0.2) is 49.2 Å². The van der Waals surface area contributed by atoms with E-state index in [1.165, 1.54) is 6.33 Å². The van der Waals surface area contributed by atoms with Crippen LogP contribution < -0.4 is 0 Å². The molecule has 4 aromatic rings. The van der Waals surface area contributed by atoms with E-state index in [1.54, 1.807) is 35.4 Å². The Kier molecular flexibility index (Phi) is 6.81. The lowest BCUT2D eigenvalue weighted by Gasteiger charge is -2.33. The first-order valence-electron chi connectivity index (χ1n) is 11.3. The second kappa shape index (κ2) is 10.2. The van der Waals surface area contributed by atoms with Crippen LogP contribution in [0.4, 0.5) is 0 Å². The average Bonchev–Trinajstić information content (AvgIpc) is 3.34. The maximum absolute atomic E-state index is 13.0. The molecule has 35 heavy (non-hydrogen) atoms. The third-order valence-corrected chi connectivity index (χ3v) is 6.99. The summed E-state index contributed by atoms with van der Waals surface area (Å²) >= 11 is 12.3. The molecular weight excluding hydrogens is 485 g/mol. The number of hydrogen-bond donors (Lipinski definition) is 2. The summed E-state index contributed by atoms with van der Waals surface area (Å²) in [4.78, 5) is 23.2. The van der Waals surface area contributed by atoms with Crippen LogP contribution in [0, 0.1) is 0 Å². The van der Waals surface area contributed by atoms with Crippen molar-refractivity contribution in [3.63, 3.8) is 0 Å². The van der Waals surface area contributed by atoms with E-state index in [9.17, 15) is 9.90 Å². The molecular formula is C26H23Cl2N5O2. The molecule has 9 heteroatoms. The van der Waals surface area contributed by atoms with Crippen molar-refractivity contribution in [2.75, 3.05) is 13.1 Å². The van der Waals surface area contributed by atoms with Crippen molar-refractivity contribution >= 4 is 29.1 Å². The van der Waals surface area contributed by atoms with Crippen molar-refractivity contribution in [1.29, 1.82) is 0 Å². The summed E-state index contributed by atoms with van der Waals surface area (Å²) in [6.45, 7) is 1.03. The third kappa shape index (κ3) is 4.80. The predicted molar refractivity (Wildman–Crippen MR) is 135 cm³/mol. The zero-order chi connectivity index (χ0) is 24.4. The number of aromatic nitrogens is 4. The number of amides is 1. The van der Waals surface area contributed by atoms with E-state index < -0.39 is 6.10 Å². The van der Waals surface area contributed by atoms with Crippen LogP contribution in [0.1, 0.15) is 36.1 Å². The highest BCUT2D eigenvalue weighted by molar-refractivity contribution is 6.31. The van der Waals surface area contributed by atoms with Gasteiger partial charge < -0.3 is 10.0 Å². The Morgan fingerprint density at radius 2 is 1.80 bits per heavy atom. The number of aliphatic hydroxyl groups is 1. The second-order valence-corrected chi connectivity index (χ2v) is 9.33. The molecule has 0 unspecified atom stereocenters. The Labute approximate surface area is 212 Å². The Bertz CT molecular complexity index is 1320. The van der Waals surface area contributed by atoms with E-state index in [1.807, 2.05) is 30.3 Å². The number of halogens is 2. The van der Waals surface area contributed by atoms with Crippen LogP contribution in [0.3, 0.4) is 0 Å². The molecule has 0 aliphatic carbocycles. The van der Waals surface area contributed by atoms with Crippen molar-refractivity contribution in [3.8, 4) is 22.5 Å². The fourth-order valence-electron chi connectivity index (χ4n) is 4.56. The number of H-pyrrole nitrogens is 1. The number of likely N-dealkylation sites (tertiary alicyclic amines) is 1. The molecule has 0 bridgehead atoms. The molecule has 5 rings (SSSR count). The fraction of sp³-hybridized carbons (Fsp3) is 0.231. The fourth-order valence-corrected chi connectivity index (χ4v) is 4.92. The largest absolute Gasteiger partial charge is 0.378 e. The molecule has 2 N–H and O–H groups in total. The molecule has 3 heterocycles. The summed E-state index contributed by atoms with van der Waals surface area (Å²) in [6.07, 6.45) is 3.40. The van der Waals surface area contributed by atoms with Crippen molar-refractivity contribution < 1.29 is 9.90 Å². The number of piperidine rings is 1. The van der Waals surface area contributed by atoms with E-state index in [0.29, 0.717) is 28.7 Å². The van der Waals surface area contributed by atoms with E-state index >= 15 is 0 Å². The van der Waals surface area contributed by atoms with Crippen molar-refractivity contribution in [2.45, 2.75) is 24.9 Å². The van der Waals surface area contributed by atoms with Crippen molar-refractivity contribution in [2.24, 2.45) is 0 Å². The SMILES string of the molecule is O=C([C@H](O)c1ccccc1Cl)N1CCC(c2[nH]nc(-c3ccc(Cl)cc3)c2-c2ccncn2)CC1. The van der Waals surface area contributed by atoms with E-state index in [2.05, 4.69) is 20.2 Å². The maximum atomic E-state index is 13.0. The number of nitrogens with one attached hydrogen (secondary N) is 1. The van der Waals surface area contributed by atoms with Gasteiger partial charge in [0.25, 0.3) is 5.91 Å². The molecule has 1 amide bonds. The molecule has 2 aromatic heterocycles. The van der Waals surface area contributed by atoms with Gasteiger partial charge in [-0.15, -0.1) is 0 Å². The summed E-state index contributed by atoms with van der Waals surface area (Å²) in [5.74, 6) is -0.186. The highest BCUT2D eigenvalue weighted by Gasteiger charge is 2.32. The first kappa shape index (κ1) is 23.5. The third-order valence-electron chi connectivity index (χ3n) is 6.40. The highest BCUT2D eigenvalue weighted by Crippen LogP contribution is 2.39. The number of carbonyl (C=O) groups excluding carboxylic acids is 1. The van der Waals surface area contributed by atoms with Gasteiger partial charge in [-0.05, 0) is 37.1 Å². The standard InChI is InChI=1S/C26H23Cl2N5O2/c27-18-7-5-16(6-8-18)23-22(21-9-12-29-15-30-21)24(32-31-23)17-10-13-33(14-11-17)26(35)25(34)19-3-1-2-4-20(19)28/h1-9,12,15,17,25,34H,10-11,13-14H2,(H,31,32)/t25-/m1/s1. The molecule has 1 fully saturated rings. The molecule has 7 nitrogen and oxygen atoms in total. The summed E-state index contributed by atoms with van der Waals surface area (Å²) in [6, 6.07) is 16.3. The Hall–Kier alpha value is -3.26. The van der Waals surface area contributed by atoms with Gasteiger partial charge in [0.1, 0.15) is 12.0 Å². The smallest absolute Gasteiger partial charge is 0.256 e. The van der Waals surface area contributed by atoms with Gasteiger partial charge in [0.05, 0.1) is 5.69 Å². The maximum Gasteiger partial charge on any atom is 0.256 e. The lowest BCUT2D eigenvalue weighted by molar-refractivity contribution is -0.141. The topological polar surface area (TPSA) is 95.0 Å². The molecule has 1 aliphatic rings. The molecule has 1 atom stereocenters. The van der Waals surface area contributed by atoms with Gasteiger partial charge in [0, 0.05) is 57.6 Å². The van der Waals surface area contributed by atoms with Crippen LogP contribution in [0.2, 0.25) is 10.0 Å². The van der Waals surface area contributed by atoms with E-state index in [0.717, 1.165) is 41.1 Å². The Morgan fingerprint density at radius 1 is 1.06 bits per heavy atom. The minimum atomic E-state index is -1.28. The minimum absolute atomic E-state index is 0.148. The molecule has 1 aliphatic heterocycles. The molecule has 0 saturated carbocycles. The van der Waals surface area contributed by atoms with Gasteiger partial charge in [0.15, 0.2) is 6.10 Å². The number of hydrogen-bond acceptors (Lipinski definition) is 5. The van der Waals surface area contributed by atoms with Crippen LogP contribution in [0.5, 0.6) is 0 Å². The summed E-state index contributed by atoms with van der Waals surface area (Å²) in [7, 11) is 0. The number of rotatable bonds is 5. The van der Waals surface area contributed by atoms with Gasteiger partial charge in [-0.2, -0.15) is 5.10 Å². The zero-order valence-electron chi connectivity index (χ0n) is 18.7. The van der Waals surface area contributed by atoms with Gasteiger partial charge >= 0.3 is 0 Å². The first-order valence-corrected chi connectivity index (χ1v) is 12.1. The lowest BCUT2D eigenvalue weighted by atomic mass is 9.88. The van der Waals surface area contributed by atoms with Crippen molar-refractivity contribution in [3.05, 3.63) is 88.4 Å². The van der Waals surface area contributed by atoms with Crippen LogP contribution in [-0.2, 0) is 4.79 Å². The van der Waals surface area contributed by atoms with Gasteiger partial charge in [-0.3, -0.25) is 9.89 Å². The summed E-state index contributed by atoms with van der Waals surface area (Å²) in [5, 5.41) is 19.5. The zero-order valence-corrected chi connectivity index (χ0v) is 20.2. The van der Waals surface area contributed by atoms with E-state index in [-0.39, 0.29) is 11.8 Å². The highest BCUT2D eigenvalue weighted by atomic mass is 35.5. The Morgan fingerprint density at radius 3 is 2.49 bits per heavy atom. The van der Waals surface area contributed by atoms with Crippen molar-refractivity contribution in [1.82, 2.24) is 25.1 Å². The quantitative estimate of drug-likeness (QED) is 0.383. The van der Waals surface area contributed by atoms with Crippen LogP contribution >= 0.6 is 23.2 Å². The normalized spacial score (nSPS) is 15.2. The molecule has 1 saturated heterocycles. The van der Waals surface area contributed by atoms with E-state index in [4.69, 9.17) is 23.2 Å². The number of aromatic amines is 1. The van der Waals surface area contributed by atoms with Gasteiger partial charge in [-0.25, -0.2) is 9.97 Å². The molecule has 2 aromatic carbocycles. The summed E-state index contributed by atoms with van der Waals surface area (Å²) in [5.41, 5.74) is 4.84. The minimum Gasteiger partial charge on any atom is -0.378 e. The summed E-state index contributed by atoms with van der Waals surface area (Å²) < 4.78 is 0. The number of aliphatic hydroxyl groups excluding tert-OH is 1. The second-order valence-electron chi connectivity index (χ2n) is 8.49. The van der Waals surface area contributed by atoms with Gasteiger partial charge in [-0.1, -0.05) is 53.5 Å².